The van der Waals surface area contributed by atoms with Crippen molar-refractivity contribution in [3.8, 4) is 0 Å². The van der Waals surface area contributed by atoms with E-state index in [4.69, 9.17) is 16.2 Å². The molecule has 1 aromatic heterocycles. The Bertz CT molecular complexity index is 368. The Morgan fingerprint density at radius 3 is 2.73 bits per heavy atom. The van der Waals surface area contributed by atoms with Crippen LogP contribution in [-0.4, -0.2) is 28.9 Å². The van der Waals surface area contributed by atoms with Crippen molar-refractivity contribution in [2.45, 2.75) is 18.9 Å². The lowest BCUT2D eigenvalue weighted by Crippen LogP contribution is -2.22. The van der Waals surface area contributed by atoms with Crippen LogP contribution in [0.4, 0.5) is 5.82 Å². The minimum absolute atomic E-state index is 0.215. The van der Waals surface area contributed by atoms with Gasteiger partial charge in [-0.15, -0.1) is 0 Å². The zero-order chi connectivity index (χ0) is 10.8. The first kappa shape index (κ1) is 9.97. The van der Waals surface area contributed by atoms with Gasteiger partial charge in [-0.1, -0.05) is 0 Å². The van der Waals surface area contributed by atoms with Crippen LogP contribution in [0.2, 0.25) is 0 Å². The third kappa shape index (κ3) is 1.80. The molecule has 6 heteroatoms. The number of hydrogen-bond donors (Lipinski definition) is 2. The molecule has 2 heterocycles. The molecule has 15 heavy (non-hydrogen) atoms. The summed E-state index contributed by atoms with van der Waals surface area (Å²) in [5.74, 6) is -0.180. The quantitative estimate of drug-likeness (QED) is 0.713. The number of amides is 1. The Balaban J connectivity index is 2.24. The molecule has 1 aliphatic rings. The number of ether oxygens (including phenoxy) is 1. The third-order valence-corrected chi connectivity index (χ3v) is 2.64. The van der Waals surface area contributed by atoms with Gasteiger partial charge in [-0.25, -0.2) is 4.68 Å². The van der Waals surface area contributed by atoms with Crippen molar-refractivity contribution in [2.75, 3.05) is 18.9 Å². The largest absolute Gasteiger partial charge is 0.383 e. The van der Waals surface area contributed by atoms with E-state index in [9.17, 15) is 4.79 Å². The summed E-state index contributed by atoms with van der Waals surface area (Å²) >= 11 is 0. The number of hydrogen-bond acceptors (Lipinski definition) is 4. The van der Waals surface area contributed by atoms with Crippen LogP contribution in [0.5, 0.6) is 0 Å². The van der Waals surface area contributed by atoms with Gasteiger partial charge in [0.1, 0.15) is 11.4 Å². The molecule has 0 unspecified atom stereocenters. The van der Waals surface area contributed by atoms with E-state index >= 15 is 0 Å². The molecule has 0 atom stereocenters. The zero-order valence-electron chi connectivity index (χ0n) is 8.35. The fourth-order valence-electron chi connectivity index (χ4n) is 1.78. The summed E-state index contributed by atoms with van der Waals surface area (Å²) in [6.07, 6.45) is 3.15. The normalized spacial score (nSPS) is 17.9. The fraction of sp³-hybridized carbons (Fsp3) is 0.556. The van der Waals surface area contributed by atoms with Crippen LogP contribution >= 0.6 is 0 Å². The van der Waals surface area contributed by atoms with E-state index in [1.165, 1.54) is 6.20 Å². The number of carbonyl (C=O) groups excluding carboxylic acids is 1. The van der Waals surface area contributed by atoms with E-state index in [1.54, 1.807) is 4.68 Å². The predicted octanol–water partition coefficient (Wildman–Crippen LogP) is -0.0843. The molecule has 4 N–H and O–H groups in total. The first-order valence-electron chi connectivity index (χ1n) is 4.90. The molecule has 0 bridgehead atoms. The van der Waals surface area contributed by atoms with E-state index in [2.05, 4.69) is 5.10 Å². The van der Waals surface area contributed by atoms with Gasteiger partial charge in [0.25, 0.3) is 5.91 Å². The van der Waals surface area contributed by atoms with Gasteiger partial charge in [-0.3, -0.25) is 4.79 Å². The van der Waals surface area contributed by atoms with Gasteiger partial charge in [0, 0.05) is 13.2 Å². The molecule has 82 valence electrons. The molecular weight excluding hydrogens is 196 g/mol. The van der Waals surface area contributed by atoms with Crippen molar-refractivity contribution in [1.82, 2.24) is 9.78 Å². The number of carbonyl (C=O) groups is 1. The summed E-state index contributed by atoms with van der Waals surface area (Å²) in [5, 5.41) is 4.10. The molecule has 2 rings (SSSR count). The number of rotatable bonds is 2. The molecule has 0 aliphatic carbocycles. The van der Waals surface area contributed by atoms with Crippen molar-refractivity contribution >= 4 is 11.7 Å². The van der Waals surface area contributed by atoms with Gasteiger partial charge in [-0.05, 0) is 12.8 Å². The molecule has 1 fully saturated rings. The minimum Gasteiger partial charge on any atom is -0.383 e. The Morgan fingerprint density at radius 1 is 1.53 bits per heavy atom. The van der Waals surface area contributed by atoms with E-state index in [1.807, 2.05) is 0 Å². The monoisotopic (exact) mass is 210 g/mol. The molecule has 6 nitrogen and oxygen atoms in total. The van der Waals surface area contributed by atoms with Crippen LogP contribution in [0.15, 0.2) is 6.20 Å². The highest BCUT2D eigenvalue weighted by atomic mass is 16.5. The van der Waals surface area contributed by atoms with Crippen LogP contribution < -0.4 is 11.5 Å². The van der Waals surface area contributed by atoms with E-state index in [0.717, 1.165) is 12.8 Å². The zero-order valence-corrected chi connectivity index (χ0v) is 8.35. The summed E-state index contributed by atoms with van der Waals surface area (Å²) in [5.41, 5.74) is 11.2. The van der Waals surface area contributed by atoms with Crippen molar-refractivity contribution in [3.05, 3.63) is 11.8 Å². The molecule has 1 saturated heterocycles. The summed E-state index contributed by atoms with van der Waals surface area (Å²) < 4.78 is 6.91. The van der Waals surface area contributed by atoms with Crippen molar-refractivity contribution < 1.29 is 9.53 Å². The first-order valence-corrected chi connectivity index (χ1v) is 4.90. The molecule has 0 aromatic carbocycles. The molecule has 0 radical (unpaired) electrons. The molecule has 0 spiro atoms. The second kappa shape index (κ2) is 3.90. The van der Waals surface area contributed by atoms with Gasteiger partial charge < -0.3 is 16.2 Å². The maximum absolute atomic E-state index is 11.0. The van der Waals surface area contributed by atoms with Crippen LogP contribution in [0.1, 0.15) is 29.2 Å². The Hall–Kier alpha value is -1.56. The summed E-state index contributed by atoms with van der Waals surface area (Å²) in [4.78, 5) is 11.0. The molecule has 1 amide bonds. The van der Waals surface area contributed by atoms with Gasteiger partial charge in [-0.2, -0.15) is 5.10 Å². The number of primary amides is 1. The summed E-state index contributed by atoms with van der Waals surface area (Å²) in [7, 11) is 0. The fourth-order valence-corrected chi connectivity index (χ4v) is 1.78. The maximum atomic E-state index is 11.0. The van der Waals surface area contributed by atoms with E-state index in [0.29, 0.717) is 24.6 Å². The summed E-state index contributed by atoms with van der Waals surface area (Å²) in [6.45, 7) is 1.41. The highest BCUT2D eigenvalue weighted by Crippen LogP contribution is 2.24. The van der Waals surface area contributed by atoms with Crippen molar-refractivity contribution in [1.29, 1.82) is 0 Å². The first-order chi connectivity index (χ1) is 7.20. The minimum atomic E-state index is -0.536. The smallest absolute Gasteiger partial charge is 0.254 e. The van der Waals surface area contributed by atoms with Crippen LogP contribution in [-0.2, 0) is 4.74 Å². The predicted molar refractivity (Wildman–Crippen MR) is 54.2 cm³/mol. The van der Waals surface area contributed by atoms with Crippen molar-refractivity contribution in [2.24, 2.45) is 5.73 Å². The average Bonchev–Trinajstić information content (AvgIpc) is 2.61. The summed E-state index contributed by atoms with van der Waals surface area (Å²) in [6, 6.07) is 0.215. The van der Waals surface area contributed by atoms with E-state index in [-0.39, 0.29) is 6.04 Å². The van der Waals surface area contributed by atoms with Gasteiger partial charge in [0.15, 0.2) is 0 Å². The van der Waals surface area contributed by atoms with Gasteiger partial charge in [0.2, 0.25) is 0 Å². The van der Waals surface area contributed by atoms with E-state index < -0.39 is 5.91 Å². The lowest BCUT2D eigenvalue weighted by atomic mass is 10.1. The van der Waals surface area contributed by atoms with Gasteiger partial charge >= 0.3 is 0 Å². The topological polar surface area (TPSA) is 96.2 Å². The molecule has 0 saturated carbocycles. The lowest BCUT2D eigenvalue weighted by molar-refractivity contribution is 0.0669. The Morgan fingerprint density at radius 2 is 2.20 bits per heavy atom. The number of anilines is 1. The Kier molecular flexibility index (Phi) is 2.59. The van der Waals surface area contributed by atoms with Crippen LogP contribution in [0.3, 0.4) is 0 Å². The SMILES string of the molecule is NC(=O)c1cnn(C2CCOCC2)c1N. The maximum Gasteiger partial charge on any atom is 0.254 e. The number of nitrogens with zero attached hydrogens (tertiary/aromatic N) is 2. The standard InChI is InChI=1S/C9H14N4O2/c10-8-7(9(11)14)5-12-13(8)6-1-3-15-4-2-6/h5-6H,1-4,10H2,(H2,11,14). The third-order valence-electron chi connectivity index (χ3n) is 2.64. The van der Waals surface area contributed by atoms with Gasteiger partial charge in [0.05, 0.1) is 12.2 Å². The lowest BCUT2D eigenvalue weighted by Gasteiger charge is -2.23. The number of nitrogens with two attached hydrogens (primary N) is 2. The number of aromatic nitrogens is 2. The molecule has 1 aromatic rings. The van der Waals surface area contributed by atoms with Crippen molar-refractivity contribution in [3.63, 3.8) is 0 Å². The average molecular weight is 210 g/mol. The molecular formula is C9H14N4O2. The Labute approximate surface area is 87.2 Å². The highest BCUT2D eigenvalue weighted by molar-refractivity contribution is 5.96. The highest BCUT2D eigenvalue weighted by Gasteiger charge is 2.21. The van der Waals surface area contributed by atoms with Crippen LogP contribution in [0.25, 0.3) is 0 Å². The second-order valence-corrected chi connectivity index (χ2v) is 3.60. The molecule has 1 aliphatic heterocycles. The second-order valence-electron chi connectivity index (χ2n) is 3.60. The van der Waals surface area contributed by atoms with Crippen LogP contribution in [0, 0.1) is 0 Å². The number of nitrogen functional groups attached to an aromatic ring is 1.